The van der Waals surface area contributed by atoms with Gasteiger partial charge in [0.15, 0.2) is 6.61 Å². The third-order valence-corrected chi connectivity index (χ3v) is 6.07. The van der Waals surface area contributed by atoms with Crippen LogP contribution in [0.2, 0.25) is 0 Å². The number of ether oxygens (including phenoxy) is 1. The summed E-state index contributed by atoms with van der Waals surface area (Å²) in [7, 11) is 0. The number of nitrogens with zero attached hydrogens (tertiary/aromatic N) is 3. The first-order valence-corrected chi connectivity index (χ1v) is 10.2. The Morgan fingerprint density at radius 2 is 1.96 bits per heavy atom. The van der Waals surface area contributed by atoms with Crippen molar-refractivity contribution in [2.24, 2.45) is 0 Å². The van der Waals surface area contributed by atoms with E-state index in [-0.39, 0.29) is 18.6 Å². The van der Waals surface area contributed by atoms with Gasteiger partial charge in [0.25, 0.3) is 5.91 Å². The molecule has 0 fully saturated rings. The van der Waals surface area contributed by atoms with E-state index in [1.165, 1.54) is 29.6 Å². The molecule has 1 amide bonds. The van der Waals surface area contributed by atoms with E-state index in [1.54, 1.807) is 16.2 Å². The number of carbonyl (C=O) groups is 1. The molecule has 6 heteroatoms. The summed E-state index contributed by atoms with van der Waals surface area (Å²) < 4.78 is 5.92. The number of anilines is 1. The molecule has 0 saturated carbocycles. The van der Waals surface area contributed by atoms with Gasteiger partial charge in [-0.3, -0.25) is 4.79 Å². The van der Waals surface area contributed by atoms with Crippen LogP contribution in [0.4, 0.5) is 5.69 Å². The largest absolute Gasteiger partial charge is 0.467 e. The third-order valence-electron chi connectivity index (χ3n) is 4.87. The Morgan fingerprint density at radius 3 is 2.74 bits per heavy atom. The minimum Gasteiger partial charge on any atom is -0.467 e. The van der Waals surface area contributed by atoms with Gasteiger partial charge in [-0.25, -0.2) is 9.97 Å². The van der Waals surface area contributed by atoms with Gasteiger partial charge in [-0.2, -0.15) is 0 Å². The van der Waals surface area contributed by atoms with E-state index in [0.717, 1.165) is 28.7 Å². The first kappa shape index (κ1) is 17.9. The van der Waals surface area contributed by atoms with Gasteiger partial charge in [0.2, 0.25) is 5.88 Å². The van der Waals surface area contributed by atoms with Crippen molar-refractivity contribution in [1.29, 1.82) is 0 Å². The summed E-state index contributed by atoms with van der Waals surface area (Å²) in [6.07, 6.45) is 6.07. The van der Waals surface area contributed by atoms with E-state index in [2.05, 4.69) is 9.97 Å². The summed E-state index contributed by atoms with van der Waals surface area (Å²) in [5, 5.41) is 1.00. The van der Waals surface area contributed by atoms with E-state index in [1.807, 2.05) is 44.2 Å². The second-order valence-corrected chi connectivity index (χ2v) is 8.14. The normalized spacial score (nSPS) is 13.6. The number of carbonyl (C=O) groups excluding carboxylic acids is 1. The summed E-state index contributed by atoms with van der Waals surface area (Å²) >= 11 is 1.73. The van der Waals surface area contributed by atoms with Crippen LogP contribution in [-0.4, -0.2) is 28.5 Å². The lowest BCUT2D eigenvalue weighted by Gasteiger charge is -2.26. The Morgan fingerprint density at radius 1 is 1.19 bits per heavy atom. The Hall–Kier alpha value is -2.47. The van der Waals surface area contributed by atoms with Crippen molar-refractivity contribution < 1.29 is 9.53 Å². The number of thiophene rings is 1. The lowest BCUT2D eigenvalue weighted by atomic mass is 9.97. The van der Waals surface area contributed by atoms with Gasteiger partial charge < -0.3 is 9.64 Å². The molecule has 0 atom stereocenters. The molecule has 27 heavy (non-hydrogen) atoms. The second kappa shape index (κ2) is 7.64. The van der Waals surface area contributed by atoms with Gasteiger partial charge in [-0.05, 0) is 57.2 Å². The molecule has 0 spiro atoms. The Kier molecular flexibility index (Phi) is 5.07. The van der Waals surface area contributed by atoms with Gasteiger partial charge in [-0.1, -0.05) is 18.2 Å². The maximum Gasteiger partial charge on any atom is 0.265 e. The zero-order valence-corrected chi connectivity index (χ0v) is 16.5. The Labute approximate surface area is 163 Å². The number of fused-ring (bicyclic) bond motifs is 3. The molecule has 140 valence electrons. The van der Waals surface area contributed by atoms with Crippen LogP contribution in [0.3, 0.4) is 0 Å². The smallest absolute Gasteiger partial charge is 0.265 e. The van der Waals surface area contributed by atoms with E-state index >= 15 is 0 Å². The molecule has 5 nitrogen and oxygen atoms in total. The van der Waals surface area contributed by atoms with E-state index in [4.69, 9.17) is 4.74 Å². The average Bonchev–Trinajstić information content (AvgIpc) is 3.06. The number of para-hydroxylation sites is 1. The van der Waals surface area contributed by atoms with Crippen LogP contribution < -0.4 is 9.64 Å². The zero-order chi connectivity index (χ0) is 18.8. The van der Waals surface area contributed by atoms with Gasteiger partial charge in [0, 0.05) is 16.6 Å². The average molecular weight is 382 g/mol. The fourth-order valence-electron chi connectivity index (χ4n) is 3.69. The number of benzene rings is 1. The lowest BCUT2D eigenvalue weighted by molar-refractivity contribution is -0.121. The predicted molar refractivity (Wildman–Crippen MR) is 109 cm³/mol. The molecule has 0 saturated heterocycles. The molecule has 1 aliphatic rings. The fraction of sp³-hybridized carbons (Fsp3) is 0.381. The summed E-state index contributed by atoms with van der Waals surface area (Å²) in [4.78, 5) is 25.8. The molecule has 0 unspecified atom stereocenters. The van der Waals surface area contributed by atoms with Crippen LogP contribution in [-0.2, 0) is 17.6 Å². The summed E-state index contributed by atoms with van der Waals surface area (Å²) in [5.41, 5.74) is 2.19. The van der Waals surface area contributed by atoms with Crippen LogP contribution >= 0.6 is 11.3 Å². The number of amides is 1. The summed E-state index contributed by atoms with van der Waals surface area (Å²) in [5.74, 6) is 0.455. The molecule has 4 rings (SSSR count). The van der Waals surface area contributed by atoms with Crippen LogP contribution in [0.5, 0.6) is 5.88 Å². The molecule has 0 N–H and O–H groups in total. The van der Waals surface area contributed by atoms with Crippen molar-refractivity contribution in [2.75, 3.05) is 11.5 Å². The van der Waals surface area contributed by atoms with Crippen LogP contribution in [0, 0.1) is 0 Å². The predicted octanol–water partition coefficient (Wildman–Crippen LogP) is 4.39. The monoisotopic (exact) mass is 381 g/mol. The van der Waals surface area contributed by atoms with Crippen LogP contribution in [0.1, 0.15) is 37.1 Å². The summed E-state index contributed by atoms with van der Waals surface area (Å²) in [6.45, 7) is 3.97. The molecule has 3 aromatic rings. The van der Waals surface area contributed by atoms with Crippen LogP contribution in [0.15, 0.2) is 36.7 Å². The molecule has 2 aromatic heterocycles. The highest BCUT2D eigenvalue weighted by Crippen LogP contribution is 2.38. The van der Waals surface area contributed by atoms with E-state index < -0.39 is 0 Å². The van der Waals surface area contributed by atoms with Crippen molar-refractivity contribution in [3.05, 3.63) is 47.1 Å². The van der Waals surface area contributed by atoms with Crippen molar-refractivity contribution >= 4 is 33.1 Å². The molecule has 0 aliphatic heterocycles. The lowest BCUT2D eigenvalue weighted by Crippen LogP contribution is -2.40. The highest BCUT2D eigenvalue weighted by molar-refractivity contribution is 7.18. The maximum atomic E-state index is 12.9. The molecule has 0 bridgehead atoms. The van der Waals surface area contributed by atoms with Crippen LogP contribution in [0.25, 0.3) is 10.2 Å². The molecule has 1 aliphatic carbocycles. The van der Waals surface area contributed by atoms with E-state index in [9.17, 15) is 4.79 Å². The zero-order valence-electron chi connectivity index (χ0n) is 15.6. The molecule has 2 heterocycles. The number of aryl methyl sites for hydroxylation is 2. The number of hydrogen-bond donors (Lipinski definition) is 0. The quantitative estimate of drug-likeness (QED) is 0.658. The van der Waals surface area contributed by atoms with Gasteiger partial charge in [0.05, 0.1) is 5.39 Å². The Balaban J connectivity index is 1.58. The topological polar surface area (TPSA) is 55.3 Å². The minimum atomic E-state index is -0.0768. The summed E-state index contributed by atoms with van der Waals surface area (Å²) in [6, 6.07) is 9.74. The first-order chi connectivity index (χ1) is 13.1. The van der Waals surface area contributed by atoms with E-state index in [0.29, 0.717) is 5.88 Å². The van der Waals surface area contributed by atoms with Crippen molar-refractivity contribution in [3.63, 3.8) is 0 Å². The second-order valence-electron chi connectivity index (χ2n) is 7.05. The maximum absolute atomic E-state index is 12.9. The third kappa shape index (κ3) is 3.54. The molecule has 0 radical (unpaired) electrons. The highest BCUT2D eigenvalue weighted by Gasteiger charge is 2.23. The van der Waals surface area contributed by atoms with Crippen molar-refractivity contribution in [1.82, 2.24) is 9.97 Å². The van der Waals surface area contributed by atoms with Gasteiger partial charge in [-0.15, -0.1) is 11.3 Å². The highest BCUT2D eigenvalue weighted by atomic mass is 32.1. The molecular formula is C21H23N3O2S. The molecular weight excluding hydrogens is 358 g/mol. The molecule has 1 aromatic carbocycles. The number of rotatable bonds is 5. The van der Waals surface area contributed by atoms with Gasteiger partial charge in [0.1, 0.15) is 11.2 Å². The van der Waals surface area contributed by atoms with Gasteiger partial charge >= 0.3 is 0 Å². The SMILES string of the molecule is CC(C)N(C(=O)COc1ncnc2sc3c(c12)CCCC3)c1ccccc1. The standard InChI is InChI=1S/C21H23N3O2S/c1-14(2)24(15-8-4-3-5-9-15)18(25)12-26-20-19-16-10-6-7-11-17(16)27-21(19)23-13-22-20/h3-5,8-9,13-14H,6-7,10-12H2,1-2H3. The number of aromatic nitrogens is 2. The van der Waals surface area contributed by atoms with Crippen molar-refractivity contribution in [3.8, 4) is 5.88 Å². The fourth-order valence-corrected chi connectivity index (χ4v) is 4.91. The van der Waals surface area contributed by atoms with Crippen molar-refractivity contribution in [2.45, 2.75) is 45.6 Å². The minimum absolute atomic E-state index is 0.0379. The number of hydrogen-bond acceptors (Lipinski definition) is 5. The first-order valence-electron chi connectivity index (χ1n) is 9.40. The Bertz CT molecular complexity index is 953.